The summed E-state index contributed by atoms with van der Waals surface area (Å²) < 4.78 is 12.0. The molecule has 4 nitrogen and oxygen atoms in total. The Morgan fingerprint density at radius 2 is 1.94 bits per heavy atom. The van der Waals surface area contributed by atoms with E-state index in [1.807, 2.05) is 6.92 Å². The van der Waals surface area contributed by atoms with Crippen molar-refractivity contribution in [2.24, 2.45) is 34.5 Å². The molecule has 0 bridgehead atoms. The van der Waals surface area contributed by atoms with Gasteiger partial charge in [-0.1, -0.05) is 45.9 Å². The van der Waals surface area contributed by atoms with Crippen LogP contribution in [0.1, 0.15) is 60.3 Å². The van der Waals surface area contributed by atoms with Crippen LogP contribution in [0.15, 0.2) is 23.8 Å². The van der Waals surface area contributed by atoms with E-state index in [1.165, 1.54) is 0 Å². The van der Waals surface area contributed by atoms with E-state index in [0.717, 1.165) is 30.4 Å². The molecule has 31 heavy (non-hydrogen) atoms. The third-order valence-corrected chi connectivity index (χ3v) is 14.4. The summed E-state index contributed by atoms with van der Waals surface area (Å²) in [6, 6.07) is 0. The van der Waals surface area contributed by atoms with E-state index in [4.69, 9.17) is 9.16 Å². The average molecular weight is 445 g/mol. The van der Waals surface area contributed by atoms with E-state index in [1.54, 1.807) is 0 Å². The van der Waals surface area contributed by atoms with Gasteiger partial charge >= 0.3 is 5.97 Å². The van der Waals surface area contributed by atoms with Crippen molar-refractivity contribution in [1.82, 2.24) is 0 Å². The van der Waals surface area contributed by atoms with Gasteiger partial charge in [-0.15, -0.1) is 0 Å². The summed E-state index contributed by atoms with van der Waals surface area (Å²) in [6.07, 6.45) is 5.63. The molecule has 0 N–H and O–H groups in total. The number of fused-ring (bicyclic) bond motifs is 5. The Balaban J connectivity index is 1.50. The highest BCUT2D eigenvalue weighted by Crippen LogP contribution is 2.66. The van der Waals surface area contributed by atoms with Gasteiger partial charge in [-0.25, -0.2) is 0 Å². The van der Waals surface area contributed by atoms with Crippen molar-refractivity contribution in [3.63, 3.8) is 0 Å². The van der Waals surface area contributed by atoms with Crippen LogP contribution in [-0.4, -0.2) is 33.3 Å². The molecule has 4 aliphatic rings. The van der Waals surface area contributed by atoms with E-state index in [9.17, 15) is 9.59 Å². The Labute approximate surface area is 189 Å². The van der Waals surface area contributed by atoms with Gasteiger partial charge in [-0.2, -0.15) is 0 Å². The van der Waals surface area contributed by atoms with E-state index < -0.39 is 13.7 Å². The lowest BCUT2D eigenvalue weighted by Gasteiger charge is -2.48. The van der Waals surface area contributed by atoms with Crippen LogP contribution in [-0.2, 0) is 18.8 Å². The molecule has 0 aromatic heterocycles. The molecular formula is C26H40O4Si. The van der Waals surface area contributed by atoms with Crippen molar-refractivity contribution in [1.29, 1.82) is 0 Å². The molecule has 0 spiro atoms. The van der Waals surface area contributed by atoms with Crippen LogP contribution < -0.4 is 0 Å². The normalized spacial score (nSPS) is 40.0. The molecule has 3 aliphatic carbocycles. The molecular weight excluding hydrogens is 404 g/mol. The minimum absolute atomic E-state index is 0.0395. The Kier molecular flexibility index (Phi) is 5.30. The molecule has 5 heteroatoms. The number of cyclic esters (lactones) is 1. The second kappa shape index (κ2) is 7.15. The number of rotatable bonds is 4. The fraction of sp³-hybridized carbons (Fsp3) is 0.769. The second-order valence-electron chi connectivity index (χ2n) is 12.5. The summed E-state index contributed by atoms with van der Waals surface area (Å²) in [5.74, 6) is 1.01. The van der Waals surface area contributed by atoms with Gasteiger partial charge < -0.3 is 9.16 Å². The van der Waals surface area contributed by atoms with Crippen LogP contribution in [0.4, 0.5) is 0 Å². The van der Waals surface area contributed by atoms with Crippen LogP contribution in [0.5, 0.6) is 0 Å². The maximum Gasteiger partial charge on any atom is 0.312 e. The van der Waals surface area contributed by atoms with Crippen molar-refractivity contribution < 1.29 is 18.8 Å². The zero-order valence-corrected chi connectivity index (χ0v) is 21.5. The molecule has 6 atom stereocenters. The Bertz CT molecular complexity index is 850. The highest BCUT2D eigenvalue weighted by molar-refractivity contribution is 6.74. The molecule has 172 valence electrons. The first kappa shape index (κ1) is 23.0. The van der Waals surface area contributed by atoms with E-state index in [-0.39, 0.29) is 28.3 Å². The number of carbonyl (C=O) groups excluding carboxylic acids is 2. The monoisotopic (exact) mass is 444 g/mol. The first-order valence-electron chi connectivity index (χ1n) is 12.0. The SMILES string of the molecule is C=C(CO[Si](C)(C)C(C)(C)C)C1CCC2C(C1)C(=O)C1=CCC3(C)C(=O)OCC3C12C. The number of ketones is 1. The highest BCUT2D eigenvalue weighted by Gasteiger charge is 2.67. The molecule has 0 radical (unpaired) electrons. The number of allylic oxidation sites excluding steroid dienone is 2. The van der Waals surface area contributed by atoms with Gasteiger partial charge in [0.2, 0.25) is 0 Å². The first-order valence-corrected chi connectivity index (χ1v) is 14.9. The number of carbonyl (C=O) groups is 2. The Morgan fingerprint density at radius 1 is 1.26 bits per heavy atom. The Morgan fingerprint density at radius 3 is 2.58 bits per heavy atom. The van der Waals surface area contributed by atoms with Crippen molar-refractivity contribution in [2.45, 2.75) is 78.4 Å². The van der Waals surface area contributed by atoms with Crippen molar-refractivity contribution in [2.75, 3.05) is 13.2 Å². The summed E-state index contributed by atoms with van der Waals surface area (Å²) in [7, 11) is -1.82. The van der Waals surface area contributed by atoms with Crippen molar-refractivity contribution in [3.8, 4) is 0 Å². The highest BCUT2D eigenvalue weighted by atomic mass is 28.4. The van der Waals surface area contributed by atoms with Gasteiger partial charge in [0, 0.05) is 17.3 Å². The van der Waals surface area contributed by atoms with Gasteiger partial charge in [0.05, 0.1) is 18.6 Å². The summed E-state index contributed by atoms with van der Waals surface area (Å²) >= 11 is 0. The zero-order chi connectivity index (χ0) is 23.0. The van der Waals surface area contributed by atoms with E-state index in [2.05, 4.69) is 53.4 Å². The number of Topliss-reactive ketones (excluding diaryl/α,β-unsaturated/α-hetero) is 1. The quantitative estimate of drug-likeness (QED) is 0.317. The maximum absolute atomic E-state index is 13.5. The standard InChI is InChI=1S/C26H40O4Si/c1-16(14-30-31(7,8)24(2,3)4)17-9-10-19-18(13-17)22(27)20-11-12-25(5)21(26(19,20)6)15-29-23(25)28/h11,17-19,21H,1,9-10,12-15H2,2-8H3. The lowest BCUT2D eigenvalue weighted by molar-refractivity contribution is -0.146. The summed E-state index contributed by atoms with van der Waals surface area (Å²) in [4.78, 5) is 26.0. The zero-order valence-electron chi connectivity index (χ0n) is 20.5. The van der Waals surface area contributed by atoms with Crippen LogP contribution in [0.2, 0.25) is 18.1 Å². The smallest absolute Gasteiger partial charge is 0.312 e. The van der Waals surface area contributed by atoms with Crippen LogP contribution >= 0.6 is 0 Å². The predicted octanol–water partition coefficient (Wildman–Crippen LogP) is 5.70. The van der Waals surface area contributed by atoms with Crippen LogP contribution in [0.25, 0.3) is 0 Å². The fourth-order valence-corrected chi connectivity index (χ4v) is 7.59. The van der Waals surface area contributed by atoms with Crippen molar-refractivity contribution in [3.05, 3.63) is 23.8 Å². The molecule has 0 amide bonds. The first-order chi connectivity index (χ1) is 14.2. The topological polar surface area (TPSA) is 52.6 Å². The molecule has 1 saturated heterocycles. The Hall–Kier alpha value is -1.20. The van der Waals surface area contributed by atoms with Gasteiger partial charge in [-0.3, -0.25) is 9.59 Å². The molecule has 0 aromatic rings. The summed E-state index contributed by atoms with van der Waals surface area (Å²) in [5, 5.41) is 0.177. The molecule has 0 aromatic carbocycles. The minimum atomic E-state index is -1.82. The number of esters is 1. The molecule has 6 unspecified atom stereocenters. The van der Waals surface area contributed by atoms with Gasteiger partial charge in [0.15, 0.2) is 14.1 Å². The molecule has 1 heterocycles. The molecule has 2 saturated carbocycles. The van der Waals surface area contributed by atoms with E-state index in [0.29, 0.717) is 37.3 Å². The molecule has 4 rings (SSSR count). The number of hydrogen-bond acceptors (Lipinski definition) is 4. The van der Waals surface area contributed by atoms with Gasteiger partial charge in [-0.05, 0) is 68.1 Å². The van der Waals surface area contributed by atoms with Gasteiger partial charge in [0.25, 0.3) is 0 Å². The molecule has 1 aliphatic heterocycles. The van der Waals surface area contributed by atoms with Crippen LogP contribution in [0, 0.1) is 34.5 Å². The van der Waals surface area contributed by atoms with Gasteiger partial charge in [0.1, 0.15) is 0 Å². The third kappa shape index (κ3) is 3.25. The van der Waals surface area contributed by atoms with Crippen LogP contribution in [0.3, 0.4) is 0 Å². The third-order valence-electron chi connectivity index (χ3n) is 9.88. The lowest BCUT2D eigenvalue weighted by Crippen LogP contribution is -2.47. The lowest BCUT2D eigenvalue weighted by atomic mass is 9.53. The fourth-order valence-electron chi connectivity index (χ4n) is 6.61. The number of hydrogen-bond donors (Lipinski definition) is 0. The second-order valence-corrected chi connectivity index (χ2v) is 17.3. The number of ether oxygens (including phenoxy) is 1. The largest absolute Gasteiger partial charge is 0.465 e. The predicted molar refractivity (Wildman–Crippen MR) is 125 cm³/mol. The maximum atomic E-state index is 13.5. The van der Waals surface area contributed by atoms with E-state index >= 15 is 0 Å². The molecule has 3 fully saturated rings. The average Bonchev–Trinajstić information content (AvgIpc) is 3.11. The minimum Gasteiger partial charge on any atom is -0.465 e. The summed E-state index contributed by atoms with van der Waals surface area (Å²) in [5.41, 5.74) is 1.40. The summed E-state index contributed by atoms with van der Waals surface area (Å²) in [6.45, 7) is 21.0. The van der Waals surface area contributed by atoms with Crippen molar-refractivity contribution >= 4 is 20.1 Å².